The molecule has 2 rings (SSSR count). The number of hydrogen-bond donors (Lipinski definition) is 1. The summed E-state index contributed by atoms with van der Waals surface area (Å²) < 4.78 is 5.48. The fraction of sp³-hybridized carbons (Fsp3) is 0.455. The standard InChI is InChI=1S/C22H31NO/c1-7-16(2)14-18-15-19(24-6)12-13-21(18)22(4,23-5)20-11-9-8-10-17(20)3/h8-13,15-16,23H,7,14H2,1-6H3/t16-,22-/m1/s1. The van der Waals surface area contributed by atoms with E-state index in [1.165, 1.54) is 28.7 Å². The molecular weight excluding hydrogens is 294 g/mol. The van der Waals surface area contributed by atoms with E-state index in [1.54, 1.807) is 7.11 Å². The Hall–Kier alpha value is -1.80. The molecule has 0 aliphatic heterocycles. The summed E-state index contributed by atoms with van der Waals surface area (Å²) in [4.78, 5) is 0. The van der Waals surface area contributed by atoms with Crippen LogP contribution in [0.25, 0.3) is 0 Å². The molecule has 1 N–H and O–H groups in total. The van der Waals surface area contributed by atoms with Gasteiger partial charge < -0.3 is 10.1 Å². The zero-order valence-electron chi connectivity index (χ0n) is 15.9. The molecule has 0 bridgehead atoms. The summed E-state index contributed by atoms with van der Waals surface area (Å²) in [6.45, 7) is 9.02. The van der Waals surface area contributed by atoms with Gasteiger partial charge in [0.1, 0.15) is 5.75 Å². The fourth-order valence-corrected chi connectivity index (χ4v) is 3.42. The van der Waals surface area contributed by atoms with E-state index in [4.69, 9.17) is 4.74 Å². The summed E-state index contributed by atoms with van der Waals surface area (Å²) >= 11 is 0. The molecule has 2 nitrogen and oxygen atoms in total. The quantitative estimate of drug-likeness (QED) is 0.767. The van der Waals surface area contributed by atoms with Gasteiger partial charge in [-0.25, -0.2) is 0 Å². The second-order valence-corrected chi connectivity index (χ2v) is 6.93. The Morgan fingerprint density at radius 3 is 2.42 bits per heavy atom. The van der Waals surface area contributed by atoms with Crippen LogP contribution in [0.5, 0.6) is 5.75 Å². The fourth-order valence-electron chi connectivity index (χ4n) is 3.42. The van der Waals surface area contributed by atoms with Crippen molar-refractivity contribution < 1.29 is 4.74 Å². The van der Waals surface area contributed by atoms with E-state index < -0.39 is 0 Å². The summed E-state index contributed by atoms with van der Waals surface area (Å²) in [7, 11) is 3.78. The maximum absolute atomic E-state index is 5.48. The Kier molecular flexibility index (Phi) is 6.06. The first-order valence-electron chi connectivity index (χ1n) is 8.88. The van der Waals surface area contributed by atoms with Crippen molar-refractivity contribution in [1.82, 2.24) is 5.32 Å². The molecule has 2 aromatic rings. The van der Waals surface area contributed by atoms with Gasteiger partial charge in [-0.05, 0) is 67.6 Å². The number of ether oxygens (including phenoxy) is 1. The van der Waals surface area contributed by atoms with E-state index in [0.29, 0.717) is 5.92 Å². The van der Waals surface area contributed by atoms with Crippen LogP contribution in [0.15, 0.2) is 42.5 Å². The summed E-state index contributed by atoms with van der Waals surface area (Å²) in [5.74, 6) is 1.58. The third kappa shape index (κ3) is 3.64. The van der Waals surface area contributed by atoms with Crippen LogP contribution in [-0.2, 0) is 12.0 Å². The Morgan fingerprint density at radius 2 is 1.83 bits per heavy atom. The summed E-state index contributed by atoms with van der Waals surface area (Å²) in [5, 5.41) is 3.58. The largest absolute Gasteiger partial charge is 0.497 e. The lowest BCUT2D eigenvalue weighted by Crippen LogP contribution is -2.39. The molecule has 2 aromatic carbocycles. The van der Waals surface area contributed by atoms with Crippen molar-refractivity contribution in [2.24, 2.45) is 5.92 Å². The summed E-state index contributed by atoms with van der Waals surface area (Å²) in [5.41, 5.74) is 5.10. The highest BCUT2D eigenvalue weighted by Gasteiger charge is 2.31. The van der Waals surface area contributed by atoms with Gasteiger partial charge in [-0.3, -0.25) is 0 Å². The molecule has 2 heteroatoms. The van der Waals surface area contributed by atoms with Crippen LogP contribution in [0.2, 0.25) is 0 Å². The molecule has 0 amide bonds. The van der Waals surface area contributed by atoms with Crippen LogP contribution in [0.3, 0.4) is 0 Å². The van der Waals surface area contributed by atoms with Crippen LogP contribution in [-0.4, -0.2) is 14.2 Å². The predicted octanol–water partition coefficient (Wildman–Crippen LogP) is 5.08. The number of rotatable bonds is 7. The SMILES string of the molecule is CC[C@@H](C)Cc1cc(OC)ccc1[C@](C)(NC)c1ccccc1C. The molecule has 2 atom stereocenters. The molecule has 130 valence electrons. The average molecular weight is 325 g/mol. The highest BCUT2D eigenvalue weighted by atomic mass is 16.5. The van der Waals surface area contributed by atoms with Crippen molar-refractivity contribution in [3.05, 3.63) is 64.7 Å². The Morgan fingerprint density at radius 1 is 1.12 bits per heavy atom. The maximum Gasteiger partial charge on any atom is 0.119 e. The minimum atomic E-state index is -0.222. The molecule has 0 radical (unpaired) electrons. The van der Waals surface area contributed by atoms with Gasteiger partial charge in [-0.1, -0.05) is 50.6 Å². The number of hydrogen-bond acceptors (Lipinski definition) is 2. The molecule has 0 heterocycles. The van der Waals surface area contributed by atoms with Crippen molar-refractivity contribution in [2.75, 3.05) is 14.2 Å². The van der Waals surface area contributed by atoms with Crippen molar-refractivity contribution >= 4 is 0 Å². The zero-order chi connectivity index (χ0) is 17.7. The number of nitrogens with one attached hydrogen (secondary N) is 1. The first kappa shape index (κ1) is 18.5. The number of aryl methyl sites for hydroxylation is 1. The molecule has 24 heavy (non-hydrogen) atoms. The normalized spacial score (nSPS) is 14.9. The van der Waals surface area contributed by atoms with Crippen LogP contribution in [0.1, 0.15) is 49.4 Å². The second-order valence-electron chi connectivity index (χ2n) is 6.93. The molecule has 0 fully saturated rings. The van der Waals surface area contributed by atoms with Crippen molar-refractivity contribution in [3.63, 3.8) is 0 Å². The van der Waals surface area contributed by atoms with E-state index in [9.17, 15) is 0 Å². The number of methoxy groups -OCH3 is 1. The van der Waals surface area contributed by atoms with Crippen molar-refractivity contribution in [2.45, 2.75) is 46.1 Å². The third-order valence-electron chi connectivity index (χ3n) is 5.30. The van der Waals surface area contributed by atoms with Crippen LogP contribution < -0.4 is 10.1 Å². The minimum Gasteiger partial charge on any atom is -0.497 e. The van der Waals surface area contributed by atoms with Crippen molar-refractivity contribution in [3.8, 4) is 5.75 Å². The van der Waals surface area contributed by atoms with Crippen LogP contribution >= 0.6 is 0 Å². The van der Waals surface area contributed by atoms with Gasteiger partial charge in [0.05, 0.1) is 12.6 Å². The van der Waals surface area contributed by atoms with Gasteiger partial charge >= 0.3 is 0 Å². The van der Waals surface area contributed by atoms with E-state index in [2.05, 4.69) is 75.5 Å². The molecular formula is C22H31NO. The highest BCUT2D eigenvalue weighted by molar-refractivity contribution is 5.47. The highest BCUT2D eigenvalue weighted by Crippen LogP contribution is 2.36. The molecule has 0 aliphatic rings. The van der Waals surface area contributed by atoms with E-state index in [1.807, 2.05) is 7.05 Å². The van der Waals surface area contributed by atoms with Gasteiger partial charge in [0, 0.05) is 0 Å². The lowest BCUT2D eigenvalue weighted by Gasteiger charge is -2.34. The molecule has 0 aromatic heterocycles. The Labute approximate surface area is 147 Å². The molecule has 0 spiro atoms. The topological polar surface area (TPSA) is 21.3 Å². The van der Waals surface area contributed by atoms with Crippen LogP contribution in [0.4, 0.5) is 0 Å². The third-order valence-corrected chi connectivity index (χ3v) is 5.30. The summed E-state index contributed by atoms with van der Waals surface area (Å²) in [6, 6.07) is 15.1. The van der Waals surface area contributed by atoms with E-state index in [-0.39, 0.29) is 5.54 Å². The van der Waals surface area contributed by atoms with Gasteiger partial charge in [0.25, 0.3) is 0 Å². The first-order valence-corrected chi connectivity index (χ1v) is 8.88. The van der Waals surface area contributed by atoms with E-state index in [0.717, 1.165) is 12.2 Å². The number of benzene rings is 2. The average Bonchev–Trinajstić information content (AvgIpc) is 2.61. The monoisotopic (exact) mass is 325 g/mol. The molecule has 0 unspecified atom stereocenters. The first-order chi connectivity index (χ1) is 11.5. The Balaban J connectivity index is 2.60. The molecule has 0 saturated carbocycles. The van der Waals surface area contributed by atoms with Gasteiger partial charge in [-0.2, -0.15) is 0 Å². The van der Waals surface area contributed by atoms with Gasteiger partial charge in [0.15, 0.2) is 0 Å². The van der Waals surface area contributed by atoms with Crippen LogP contribution in [0, 0.1) is 12.8 Å². The minimum absolute atomic E-state index is 0.222. The van der Waals surface area contributed by atoms with E-state index >= 15 is 0 Å². The second kappa shape index (κ2) is 7.85. The lowest BCUT2D eigenvalue weighted by atomic mass is 9.78. The maximum atomic E-state index is 5.48. The molecule has 0 aliphatic carbocycles. The molecule has 0 saturated heterocycles. The van der Waals surface area contributed by atoms with Crippen molar-refractivity contribution in [1.29, 1.82) is 0 Å². The Bertz CT molecular complexity index is 679. The van der Waals surface area contributed by atoms with Gasteiger partial charge in [-0.15, -0.1) is 0 Å². The summed E-state index contributed by atoms with van der Waals surface area (Å²) in [6.07, 6.45) is 2.24. The lowest BCUT2D eigenvalue weighted by molar-refractivity contribution is 0.411. The zero-order valence-corrected chi connectivity index (χ0v) is 15.9. The smallest absolute Gasteiger partial charge is 0.119 e. The van der Waals surface area contributed by atoms with Gasteiger partial charge in [0.2, 0.25) is 0 Å². The predicted molar refractivity (Wildman–Crippen MR) is 103 cm³/mol.